The first-order valence-corrected chi connectivity index (χ1v) is 8.95. The fraction of sp³-hybridized carbons (Fsp3) is 0.286. The van der Waals surface area contributed by atoms with Gasteiger partial charge in [0.05, 0.1) is 11.6 Å². The van der Waals surface area contributed by atoms with Crippen molar-refractivity contribution in [2.45, 2.75) is 33.4 Å². The molecule has 0 bridgehead atoms. The van der Waals surface area contributed by atoms with Gasteiger partial charge >= 0.3 is 0 Å². The second kappa shape index (κ2) is 9.88. The molecule has 2 rings (SSSR count). The molecule has 0 saturated carbocycles. The Morgan fingerprint density at radius 3 is 2.73 bits per heavy atom. The molecule has 5 heteroatoms. The molecular formula is C21H24ClNO3. The van der Waals surface area contributed by atoms with E-state index in [4.69, 9.17) is 21.1 Å². The van der Waals surface area contributed by atoms with Crippen LogP contribution >= 0.6 is 11.6 Å². The molecule has 0 radical (unpaired) electrons. The first-order chi connectivity index (χ1) is 12.5. The Morgan fingerprint density at radius 2 is 2.04 bits per heavy atom. The van der Waals surface area contributed by atoms with Crippen molar-refractivity contribution in [3.05, 3.63) is 64.7 Å². The van der Waals surface area contributed by atoms with Gasteiger partial charge in [0, 0.05) is 19.0 Å². The van der Waals surface area contributed by atoms with E-state index in [1.807, 2.05) is 62.4 Å². The van der Waals surface area contributed by atoms with Crippen LogP contribution in [0.2, 0.25) is 5.02 Å². The van der Waals surface area contributed by atoms with E-state index in [0.29, 0.717) is 24.0 Å². The van der Waals surface area contributed by atoms with Crippen molar-refractivity contribution in [3.63, 3.8) is 0 Å². The third kappa shape index (κ3) is 6.45. The quantitative estimate of drug-likeness (QED) is 0.719. The number of rotatable bonds is 8. The molecule has 0 aliphatic rings. The van der Waals surface area contributed by atoms with Gasteiger partial charge in [0.2, 0.25) is 5.91 Å². The largest absolute Gasteiger partial charge is 0.494 e. The smallest absolute Gasteiger partial charge is 0.217 e. The molecule has 0 saturated heterocycles. The van der Waals surface area contributed by atoms with Gasteiger partial charge in [-0.1, -0.05) is 42.0 Å². The van der Waals surface area contributed by atoms with E-state index >= 15 is 0 Å². The van der Waals surface area contributed by atoms with E-state index in [2.05, 4.69) is 5.32 Å². The van der Waals surface area contributed by atoms with Gasteiger partial charge in [0.25, 0.3) is 0 Å². The van der Waals surface area contributed by atoms with E-state index in [-0.39, 0.29) is 11.9 Å². The summed E-state index contributed by atoms with van der Waals surface area (Å²) in [7, 11) is 0. The summed E-state index contributed by atoms with van der Waals surface area (Å²) in [5.41, 5.74) is 2.07. The fourth-order valence-electron chi connectivity index (χ4n) is 2.43. The lowest BCUT2D eigenvalue weighted by molar-refractivity contribution is -0.119. The molecule has 1 N–H and O–H groups in total. The molecule has 0 aliphatic carbocycles. The van der Waals surface area contributed by atoms with Crippen LogP contribution in [0.25, 0.3) is 6.08 Å². The topological polar surface area (TPSA) is 47.6 Å². The number of hydrogen-bond acceptors (Lipinski definition) is 3. The molecule has 0 heterocycles. The Balaban J connectivity index is 1.98. The van der Waals surface area contributed by atoms with Crippen molar-refractivity contribution in [1.82, 2.24) is 5.32 Å². The SMILES string of the molecule is CCOc1ccc(OCc2cccc(/C=C/[C@H](C)NC(C)=O)c2)c(Cl)c1. The summed E-state index contributed by atoms with van der Waals surface area (Å²) in [5, 5.41) is 3.34. The number of amides is 1. The third-order valence-electron chi connectivity index (χ3n) is 3.57. The molecule has 0 aromatic heterocycles. The highest BCUT2D eigenvalue weighted by molar-refractivity contribution is 6.32. The predicted molar refractivity (Wildman–Crippen MR) is 106 cm³/mol. The van der Waals surface area contributed by atoms with Crippen LogP contribution in [0.1, 0.15) is 31.9 Å². The normalized spacial score (nSPS) is 12.0. The molecular weight excluding hydrogens is 350 g/mol. The van der Waals surface area contributed by atoms with Gasteiger partial charge in [-0.2, -0.15) is 0 Å². The minimum Gasteiger partial charge on any atom is -0.494 e. The van der Waals surface area contributed by atoms with Crippen LogP contribution in [0.15, 0.2) is 48.5 Å². The van der Waals surface area contributed by atoms with Gasteiger partial charge in [-0.3, -0.25) is 4.79 Å². The van der Waals surface area contributed by atoms with E-state index in [9.17, 15) is 4.79 Å². The zero-order valence-corrected chi connectivity index (χ0v) is 16.0. The van der Waals surface area contributed by atoms with Crippen molar-refractivity contribution >= 4 is 23.6 Å². The van der Waals surface area contributed by atoms with Gasteiger partial charge in [-0.05, 0) is 43.2 Å². The van der Waals surface area contributed by atoms with Gasteiger partial charge in [0.15, 0.2) is 0 Å². The number of ether oxygens (including phenoxy) is 2. The number of nitrogens with one attached hydrogen (secondary N) is 1. The molecule has 0 spiro atoms. The Kier molecular flexibility index (Phi) is 7.54. The Bertz CT molecular complexity index is 774. The van der Waals surface area contributed by atoms with Crippen LogP contribution < -0.4 is 14.8 Å². The van der Waals surface area contributed by atoms with E-state index in [1.54, 1.807) is 6.07 Å². The number of carbonyl (C=O) groups is 1. The van der Waals surface area contributed by atoms with Gasteiger partial charge in [0.1, 0.15) is 18.1 Å². The van der Waals surface area contributed by atoms with Crippen molar-refractivity contribution in [1.29, 1.82) is 0 Å². The van der Waals surface area contributed by atoms with Crippen molar-refractivity contribution in [3.8, 4) is 11.5 Å². The van der Waals surface area contributed by atoms with Crippen LogP contribution in [-0.4, -0.2) is 18.6 Å². The molecule has 4 nitrogen and oxygen atoms in total. The maximum atomic E-state index is 11.0. The number of halogens is 1. The zero-order chi connectivity index (χ0) is 18.9. The lowest BCUT2D eigenvalue weighted by Gasteiger charge is -2.10. The third-order valence-corrected chi connectivity index (χ3v) is 3.86. The average molecular weight is 374 g/mol. The summed E-state index contributed by atoms with van der Waals surface area (Å²) >= 11 is 6.24. The minimum atomic E-state index is -0.0449. The Labute approximate surface area is 159 Å². The molecule has 26 heavy (non-hydrogen) atoms. The monoisotopic (exact) mass is 373 g/mol. The van der Waals surface area contributed by atoms with Gasteiger partial charge in [-0.25, -0.2) is 0 Å². The second-order valence-corrected chi connectivity index (χ2v) is 6.31. The van der Waals surface area contributed by atoms with Crippen LogP contribution in [-0.2, 0) is 11.4 Å². The molecule has 0 fully saturated rings. The van der Waals surface area contributed by atoms with Crippen molar-refractivity contribution in [2.24, 2.45) is 0 Å². The van der Waals surface area contributed by atoms with Crippen molar-refractivity contribution in [2.75, 3.05) is 6.61 Å². The second-order valence-electron chi connectivity index (χ2n) is 5.91. The zero-order valence-electron chi connectivity index (χ0n) is 15.3. The van der Waals surface area contributed by atoms with Crippen LogP contribution in [0.5, 0.6) is 11.5 Å². The number of benzene rings is 2. The summed E-state index contributed by atoms with van der Waals surface area (Å²) in [6.45, 7) is 6.37. The first kappa shape index (κ1) is 19.9. The van der Waals surface area contributed by atoms with Crippen LogP contribution in [0.4, 0.5) is 0 Å². The van der Waals surface area contributed by atoms with Crippen molar-refractivity contribution < 1.29 is 14.3 Å². The maximum Gasteiger partial charge on any atom is 0.217 e. The standard InChI is InChI=1S/C21H24ClNO3/c1-4-25-19-10-11-21(20(22)13-19)26-14-18-7-5-6-17(12-18)9-8-15(2)23-16(3)24/h5-13,15H,4,14H2,1-3H3,(H,23,24)/b9-8+/t15-/m0/s1. The average Bonchev–Trinajstić information content (AvgIpc) is 2.59. The summed E-state index contributed by atoms with van der Waals surface area (Å²) < 4.78 is 11.2. The summed E-state index contributed by atoms with van der Waals surface area (Å²) in [5.74, 6) is 1.30. The van der Waals surface area contributed by atoms with E-state index < -0.39 is 0 Å². The van der Waals surface area contributed by atoms with Gasteiger partial charge < -0.3 is 14.8 Å². The first-order valence-electron chi connectivity index (χ1n) is 8.57. The van der Waals surface area contributed by atoms with E-state index in [1.165, 1.54) is 6.92 Å². The van der Waals surface area contributed by atoms with Crippen LogP contribution in [0.3, 0.4) is 0 Å². The Hall–Kier alpha value is -2.46. The fourth-order valence-corrected chi connectivity index (χ4v) is 2.65. The number of carbonyl (C=O) groups excluding carboxylic acids is 1. The summed E-state index contributed by atoms with van der Waals surface area (Å²) in [6.07, 6.45) is 3.93. The van der Waals surface area contributed by atoms with E-state index in [0.717, 1.165) is 16.9 Å². The van der Waals surface area contributed by atoms with Crippen LogP contribution in [0, 0.1) is 0 Å². The predicted octanol–water partition coefficient (Wildman–Crippen LogP) is 4.86. The lowest BCUT2D eigenvalue weighted by Crippen LogP contribution is -2.28. The highest BCUT2D eigenvalue weighted by atomic mass is 35.5. The lowest BCUT2D eigenvalue weighted by atomic mass is 10.1. The summed E-state index contributed by atoms with van der Waals surface area (Å²) in [6, 6.07) is 13.4. The maximum absolute atomic E-state index is 11.0. The molecule has 1 amide bonds. The molecule has 0 aliphatic heterocycles. The molecule has 138 valence electrons. The summed E-state index contributed by atoms with van der Waals surface area (Å²) in [4.78, 5) is 11.0. The highest BCUT2D eigenvalue weighted by Gasteiger charge is 2.05. The van der Waals surface area contributed by atoms with Gasteiger partial charge in [-0.15, -0.1) is 0 Å². The molecule has 2 aromatic rings. The minimum absolute atomic E-state index is 0.0185. The molecule has 2 aromatic carbocycles. The Morgan fingerprint density at radius 1 is 1.23 bits per heavy atom. The molecule has 1 atom stereocenters. The molecule has 0 unspecified atom stereocenters. The number of hydrogen-bond donors (Lipinski definition) is 1. The highest BCUT2D eigenvalue weighted by Crippen LogP contribution is 2.29.